The zero-order valence-corrected chi connectivity index (χ0v) is 13.2. The van der Waals surface area contributed by atoms with Crippen LogP contribution in [0.2, 0.25) is 0 Å². The van der Waals surface area contributed by atoms with Gasteiger partial charge in [0.05, 0.1) is 5.56 Å². The van der Waals surface area contributed by atoms with E-state index in [-0.39, 0.29) is 47.2 Å². The van der Waals surface area contributed by atoms with Crippen LogP contribution in [0.25, 0.3) is 11.1 Å². The molecule has 0 heterocycles. The van der Waals surface area contributed by atoms with Gasteiger partial charge in [-0.15, -0.1) is 0 Å². The molecule has 2 aromatic carbocycles. The minimum atomic E-state index is -4.58. The van der Waals surface area contributed by atoms with Crippen molar-refractivity contribution in [3.63, 3.8) is 0 Å². The van der Waals surface area contributed by atoms with Gasteiger partial charge in [0.25, 0.3) is 0 Å². The zero-order chi connectivity index (χ0) is 14.0. The average Bonchev–Trinajstić information content (AvgIpc) is 2.37. The van der Waals surface area contributed by atoms with Crippen molar-refractivity contribution in [3.8, 4) is 11.1 Å². The van der Waals surface area contributed by atoms with Crippen molar-refractivity contribution in [2.75, 3.05) is 0 Å². The topological polar surface area (TPSA) is 23.1 Å². The van der Waals surface area contributed by atoms with Gasteiger partial charge in [0.15, 0.2) is 0 Å². The van der Waals surface area contributed by atoms with Gasteiger partial charge in [-0.2, -0.15) is 13.2 Å². The van der Waals surface area contributed by atoms with Gasteiger partial charge in [-0.3, -0.25) is 0 Å². The predicted octanol–water partition coefficient (Wildman–Crippen LogP) is 1.74. The van der Waals surface area contributed by atoms with Gasteiger partial charge < -0.3 is 4.55 Å². The van der Waals surface area contributed by atoms with Crippen LogP contribution in [-0.4, -0.2) is 4.55 Å². The third kappa shape index (κ3) is 3.99. The van der Waals surface area contributed by atoms with Gasteiger partial charge in [0, 0.05) is 5.56 Å². The van der Waals surface area contributed by atoms with Crippen LogP contribution in [-0.2, 0) is 6.18 Å². The maximum Gasteiger partial charge on any atom is 1.00 e. The SMILES string of the molecule is [Na+].[O-]Sc1cccc(-c2ccc(C(F)(F)F)cc2F)c1. The van der Waals surface area contributed by atoms with E-state index in [1.807, 2.05) is 0 Å². The van der Waals surface area contributed by atoms with E-state index in [1.165, 1.54) is 12.1 Å². The van der Waals surface area contributed by atoms with E-state index in [4.69, 9.17) is 0 Å². The van der Waals surface area contributed by atoms with E-state index < -0.39 is 17.6 Å². The first-order valence-corrected chi connectivity index (χ1v) is 5.93. The Morgan fingerprint density at radius 3 is 2.25 bits per heavy atom. The van der Waals surface area contributed by atoms with Gasteiger partial charge in [0.1, 0.15) is 5.82 Å². The molecule has 0 spiro atoms. The van der Waals surface area contributed by atoms with Crippen molar-refractivity contribution < 1.29 is 51.7 Å². The molecule has 0 bridgehead atoms. The Morgan fingerprint density at radius 2 is 1.70 bits per heavy atom. The summed E-state index contributed by atoms with van der Waals surface area (Å²) in [6.45, 7) is 0. The van der Waals surface area contributed by atoms with Crippen LogP contribution in [0.15, 0.2) is 47.4 Å². The van der Waals surface area contributed by atoms with E-state index in [9.17, 15) is 22.1 Å². The smallest absolute Gasteiger partial charge is 0.795 e. The van der Waals surface area contributed by atoms with Crippen LogP contribution in [0.5, 0.6) is 0 Å². The van der Waals surface area contributed by atoms with Crippen molar-refractivity contribution in [2.45, 2.75) is 11.1 Å². The van der Waals surface area contributed by atoms with Gasteiger partial charge in [0.2, 0.25) is 0 Å². The standard InChI is InChI=1S/C13H8F4OS.Na/c14-12-7-9(13(15,16)17)4-5-11(12)8-2-1-3-10(6-8)19-18;/h1-7,18H;/q;+1/p-1. The van der Waals surface area contributed by atoms with Crippen LogP contribution in [0.4, 0.5) is 17.6 Å². The molecule has 0 saturated heterocycles. The Kier molecular flexibility index (Phi) is 6.09. The molecule has 2 rings (SSSR count). The second-order valence-corrected chi connectivity index (χ2v) is 4.44. The van der Waals surface area contributed by atoms with Crippen molar-refractivity contribution in [3.05, 3.63) is 53.8 Å². The molecule has 7 heteroatoms. The van der Waals surface area contributed by atoms with Crippen molar-refractivity contribution in [1.82, 2.24) is 0 Å². The normalized spacial score (nSPS) is 11.1. The predicted molar refractivity (Wildman–Crippen MR) is 63.5 cm³/mol. The number of rotatable bonds is 2. The van der Waals surface area contributed by atoms with Gasteiger partial charge in [-0.1, -0.05) is 18.2 Å². The molecule has 0 aliphatic carbocycles. The second-order valence-electron chi connectivity index (χ2n) is 3.80. The molecule has 0 aliphatic heterocycles. The molecule has 0 atom stereocenters. The first-order chi connectivity index (χ1) is 8.91. The largest absolute Gasteiger partial charge is 1.00 e. The molecular formula is C13H7F4NaOS. The quantitative estimate of drug-likeness (QED) is 0.479. The summed E-state index contributed by atoms with van der Waals surface area (Å²) >= 11 is 0.238. The summed E-state index contributed by atoms with van der Waals surface area (Å²) in [5, 5.41) is 0. The maximum atomic E-state index is 13.7. The van der Waals surface area contributed by atoms with Crippen molar-refractivity contribution >= 4 is 12.0 Å². The first kappa shape index (κ1) is 17.5. The van der Waals surface area contributed by atoms with E-state index in [1.54, 1.807) is 12.1 Å². The van der Waals surface area contributed by atoms with Gasteiger partial charge in [-0.25, -0.2) is 16.4 Å². The van der Waals surface area contributed by atoms with Crippen LogP contribution in [0.3, 0.4) is 0 Å². The van der Waals surface area contributed by atoms with E-state index >= 15 is 0 Å². The zero-order valence-electron chi connectivity index (χ0n) is 10.4. The molecule has 1 nitrogen and oxygen atoms in total. The van der Waals surface area contributed by atoms with E-state index in [0.29, 0.717) is 16.5 Å². The molecule has 20 heavy (non-hydrogen) atoms. The maximum absolute atomic E-state index is 13.7. The summed E-state index contributed by atoms with van der Waals surface area (Å²) in [7, 11) is 0. The van der Waals surface area contributed by atoms with Gasteiger partial charge in [-0.05, 0) is 34.7 Å². The first-order valence-electron chi connectivity index (χ1n) is 5.19. The summed E-state index contributed by atoms with van der Waals surface area (Å²) in [5.41, 5.74) is -0.640. The summed E-state index contributed by atoms with van der Waals surface area (Å²) in [5.74, 6) is -0.970. The average molecular weight is 310 g/mol. The molecule has 0 fully saturated rings. The third-order valence-corrected chi connectivity index (χ3v) is 2.98. The Morgan fingerprint density at radius 1 is 1.00 bits per heavy atom. The minimum Gasteiger partial charge on any atom is -0.795 e. The Hall–Kier alpha value is -0.530. The van der Waals surface area contributed by atoms with E-state index in [2.05, 4.69) is 0 Å². The fourth-order valence-corrected chi connectivity index (χ4v) is 1.95. The Labute approximate surface area is 139 Å². The fraction of sp³-hybridized carbons (Fsp3) is 0.0769. The molecule has 0 aromatic heterocycles. The number of alkyl halides is 3. The minimum absolute atomic E-state index is 0. The number of halogens is 4. The van der Waals surface area contributed by atoms with Crippen LogP contribution >= 0.6 is 12.0 Å². The molecule has 0 amide bonds. The second kappa shape index (κ2) is 6.95. The number of benzene rings is 2. The van der Waals surface area contributed by atoms with Crippen LogP contribution in [0, 0.1) is 5.82 Å². The third-order valence-electron chi connectivity index (χ3n) is 2.54. The molecule has 0 aliphatic rings. The molecule has 0 unspecified atom stereocenters. The summed E-state index contributed by atoms with van der Waals surface area (Å²) in [6.07, 6.45) is -4.58. The molecule has 0 saturated carbocycles. The van der Waals surface area contributed by atoms with Crippen molar-refractivity contribution in [2.24, 2.45) is 0 Å². The monoisotopic (exact) mass is 310 g/mol. The molecule has 100 valence electrons. The van der Waals surface area contributed by atoms with Crippen LogP contribution in [0.1, 0.15) is 5.56 Å². The van der Waals surface area contributed by atoms with E-state index in [0.717, 1.165) is 12.1 Å². The van der Waals surface area contributed by atoms with Crippen molar-refractivity contribution in [1.29, 1.82) is 0 Å². The molecule has 2 aromatic rings. The fourth-order valence-electron chi connectivity index (χ4n) is 1.64. The number of hydrogen-bond acceptors (Lipinski definition) is 2. The summed E-state index contributed by atoms with van der Waals surface area (Å²) < 4.78 is 61.6. The summed E-state index contributed by atoms with van der Waals surface area (Å²) in [4.78, 5) is 0.372. The Bertz CT molecular complexity index is 601. The number of hydrogen-bond donors (Lipinski definition) is 0. The molecule has 0 radical (unpaired) electrons. The van der Waals surface area contributed by atoms with Crippen LogP contribution < -0.4 is 29.6 Å². The van der Waals surface area contributed by atoms with Gasteiger partial charge >= 0.3 is 35.7 Å². The molecule has 0 N–H and O–H groups in total. The summed E-state index contributed by atoms with van der Waals surface area (Å²) in [6, 6.07) is 8.39. The Balaban J connectivity index is 0.00000200. The molecular weight excluding hydrogens is 303 g/mol.